The normalized spacial score (nSPS) is 14.3. The highest BCUT2D eigenvalue weighted by Crippen LogP contribution is 2.35. The summed E-state index contributed by atoms with van der Waals surface area (Å²) in [5, 5.41) is 2.65. The summed E-state index contributed by atoms with van der Waals surface area (Å²) in [7, 11) is 1.53. The van der Waals surface area contributed by atoms with Crippen LogP contribution in [0.3, 0.4) is 0 Å². The summed E-state index contributed by atoms with van der Waals surface area (Å²) in [4.78, 5) is 38.9. The van der Waals surface area contributed by atoms with Gasteiger partial charge in [-0.05, 0) is 72.6 Å². The van der Waals surface area contributed by atoms with Gasteiger partial charge in [0.25, 0.3) is 11.1 Å². The number of nitrogens with one attached hydrogen (secondary N) is 1. The first-order chi connectivity index (χ1) is 17.7. The number of ether oxygens (including phenoxy) is 2. The van der Waals surface area contributed by atoms with Gasteiger partial charge in [-0.25, -0.2) is 0 Å². The van der Waals surface area contributed by atoms with Crippen molar-refractivity contribution in [1.82, 2.24) is 4.90 Å². The van der Waals surface area contributed by atoms with Gasteiger partial charge in [0, 0.05) is 10.7 Å². The lowest BCUT2D eigenvalue weighted by molar-refractivity contribution is -0.127. The fourth-order valence-electron chi connectivity index (χ4n) is 3.54. The van der Waals surface area contributed by atoms with E-state index in [1.54, 1.807) is 42.5 Å². The van der Waals surface area contributed by atoms with Crippen LogP contribution in [0.15, 0.2) is 65.6 Å². The number of methoxy groups -OCH3 is 1. The number of imide groups is 1. The molecule has 7 nitrogen and oxygen atoms in total. The zero-order chi connectivity index (χ0) is 26.5. The highest BCUT2D eigenvalue weighted by molar-refractivity contribution is 8.18. The van der Waals surface area contributed by atoms with Crippen molar-refractivity contribution in [3.8, 4) is 11.5 Å². The Labute approximate surface area is 224 Å². The number of hydrogen-bond acceptors (Lipinski definition) is 6. The Morgan fingerprint density at radius 1 is 1.03 bits per heavy atom. The topological polar surface area (TPSA) is 84.9 Å². The molecule has 1 saturated heterocycles. The Bertz CT molecular complexity index is 1390. The van der Waals surface area contributed by atoms with Crippen LogP contribution in [0.5, 0.6) is 11.5 Å². The van der Waals surface area contributed by atoms with Gasteiger partial charge in [0.2, 0.25) is 5.91 Å². The van der Waals surface area contributed by atoms with Crippen molar-refractivity contribution < 1.29 is 23.9 Å². The fourth-order valence-corrected chi connectivity index (χ4v) is 4.56. The van der Waals surface area contributed by atoms with Crippen LogP contribution in [0.25, 0.3) is 6.08 Å². The van der Waals surface area contributed by atoms with Gasteiger partial charge < -0.3 is 14.8 Å². The Morgan fingerprint density at radius 3 is 2.49 bits per heavy atom. The Morgan fingerprint density at radius 2 is 1.78 bits per heavy atom. The lowest BCUT2D eigenvalue weighted by Gasteiger charge is -2.13. The van der Waals surface area contributed by atoms with Crippen LogP contribution in [0.1, 0.15) is 22.3 Å². The minimum absolute atomic E-state index is 0.214. The van der Waals surface area contributed by atoms with Gasteiger partial charge in [0.05, 0.1) is 12.0 Å². The Kier molecular flexibility index (Phi) is 8.21. The standard InChI is InChI=1S/C28H25ClN2O5S/c1-17-4-7-19(8-5-17)16-36-23-11-9-20(12-24(23)35-3)13-25-27(33)31(28(34)37-25)15-26(32)30-21-10-6-18(2)22(29)14-21/h4-14H,15-16H2,1-3H3,(H,30,32)/b25-13+. The summed E-state index contributed by atoms with van der Waals surface area (Å²) in [6.07, 6.45) is 1.59. The molecule has 4 rings (SSSR count). The molecule has 0 unspecified atom stereocenters. The lowest BCUT2D eigenvalue weighted by atomic mass is 10.1. The molecule has 0 aliphatic carbocycles. The van der Waals surface area contributed by atoms with Crippen molar-refractivity contribution in [2.75, 3.05) is 19.0 Å². The van der Waals surface area contributed by atoms with Gasteiger partial charge >= 0.3 is 0 Å². The number of aryl methyl sites for hydroxylation is 2. The smallest absolute Gasteiger partial charge is 0.294 e. The van der Waals surface area contributed by atoms with Gasteiger partial charge in [-0.3, -0.25) is 19.3 Å². The van der Waals surface area contributed by atoms with Gasteiger partial charge in [-0.2, -0.15) is 0 Å². The second kappa shape index (κ2) is 11.5. The van der Waals surface area contributed by atoms with Crippen molar-refractivity contribution in [3.63, 3.8) is 0 Å². The predicted octanol–water partition coefficient (Wildman–Crippen LogP) is 6.22. The highest BCUT2D eigenvalue weighted by Gasteiger charge is 2.36. The van der Waals surface area contributed by atoms with E-state index in [1.807, 2.05) is 38.1 Å². The molecule has 0 bridgehead atoms. The van der Waals surface area contributed by atoms with E-state index in [4.69, 9.17) is 21.1 Å². The number of rotatable bonds is 8. The van der Waals surface area contributed by atoms with Crippen LogP contribution in [0.4, 0.5) is 10.5 Å². The third-order valence-corrected chi connectivity index (χ3v) is 6.95. The largest absolute Gasteiger partial charge is 0.493 e. The SMILES string of the molecule is COc1cc(/C=C2/SC(=O)N(CC(=O)Nc3ccc(C)c(Cl)c3)C2=O)ccc1OCc1ccc(C)cc1. The maximum Gasteiger partial charge on any atom is 0.294 e. The average Bonchev–Trinajstić information content (AvgIpc) is 3.13. The molecular weight excluding hydrogens is 512 g/mol. The van der Waals surface area contributed by atoms with Crippen LogP contribution in [0.2, 0.25) is 5.02 Å². The molecule has 9 heteroatoms. The third-order valence-electron chi connectivity index (χ3n) is 5.63. The van der Waals surface area contributed by atoms with Crippen molar-refractivity contribution in [1.29, 1.82) is 0 Å². The van der Waals surface area contributed by atoms with E-state index in [0.717, 1.165) is 27.8 Å². The van der Waals surface area contributed by atoms with Gasteiger partial charge in [0.1, 0.15) is 13.2 Å². The number of halogens is 1. The minimum Gasteiger partial charge on any atom is -0.493 e. The molecule has 3 aromatic carbocycles. The van der Waals surface area contributed by atoms with E-state index in [-0.39, 0.29) is 4.91 Å². The monoisotopic (exact) mass is 536 g/mol. The summed E-state index contributed by atoms with van der Waals surface area (Å²) in [5.74, 6) is 0.0170. The molecule has 0 aromatic heterocycles. The average molecular weight is 537 g/mol. The molecule has 0 radical (unpaired) electrons. The van der Waals surface area contributed by atoms with E-state index in [0.29, 0.717) is 34.4 Å². The molecule has 0 spiro atoms. The number of benzene rings is 3. The molecule has 0 atom stereocenters. The third kappa shape index (κ3) is 6.53. The maximum atomic E-state index is 12.9. The summed E-state index contributed by atoms with van der Waals surface area (Å²) < 4.78 is 11.4. The van der Waals surface area contributed by atoms with Crippen LogP contribution >= 0.6 is 23.4 Å². The van der Waals surface area contributed by atoms with Crippen LogP contribution in [-0.2, 0) is 16.2 Å². The molecule has 37 heavy (non-hydrogen) atoms. The quantitative estimate of drug-likeness (QED) is 0.344. The first-order valence-electron chi connectivity index (χ1n) is 11.4. The molecule has 3 aromatic rings. The molecule has 1 aliphatic heterocycles. The number of hydrogen-bond donors (Lipinski definition) is 1. The fraction of sp³-hybridized carbons (Fsp3) is 0.179. The second-order valence-corrected chi connectivity index (χ2v) is 9.86. The number of anilines is 1. The zero-order valence-corrected chi connectivity index (χ0v) is 22.1. The molecular formula is C28H25ClN2O5S. The van der Waals surface area contributed by atoms with Crippen LogP contribution in [0, 0.1) is 13.8 Å². The summed E-state index contributed by atoms with van der Waals surface area (Å²) in [6.45, 7) is 3.86. The number of carbonyl (C=O) groups excluding carboxylic acids is 3. The molecule has 3 amide bonds. The lowest BCUT2D eigenvalue weighted by Crippen LogP contribution is -2.36. The van der Waals surface area contributed by atoms with E-state index in [1.165, 1.54) is 12.7 Å². The number of carbonyl (C=O) groups is 3. The van der Waals surface area contributed by atoms with E-state index < -0.39 is 23.6 Å². The van der Waals surface area contributed by atoms with E-state index in [9.17, 15) is 14.4 Å². The second-order valence-electron chi connectivity index (χ2n) is 8.46. The molecule has 1 fully saturated rings. The van der Waals surface area contributed by atoms with Crippen LogP contribution < -0.4 is 14.8 Å². The molecule has 1 aliphatic rings. The molecule has 1 heterocycles. The molecule has 0 saturated carbocycles. The Hall–Kier alpha value is -3.75. The predicted molar refractivity (Wildman–Crippen MR) is 146 cm³/mol. The number of amides is 3. The summed E-state index contributed by atoms with van der Waals surface area (Å²) in [6, 6.07) is 18.4. The first kappa shape index (κ1) is 26.3. The van der Waals surface area contributed by atoms with Crippen LogP contribution in [-0.4, -0.2) is 35.6 Å². The van der Waals surface area contributed by atoms with Gasteiger partial charge in [-0.15, -0.1) is 0 Å². The summed E-state index contributed by atoms with van der Waals surface area (Å²) in [5.41, 5.74) is 4.22. The molecule has 1 N–H and O–H groups in total. The molecule has 190 valence electrons. The Balaban J connectivity index is 1.42. The van der Waals surface area contributed by atoms with Crippen molar-refractivity contribution in [2.24, 2.45) is 0 Å². The first-order valence-corrected chi connectivity index (χ1v) is 12.6. The zero-order valence-electron chi connectivity index (χ0n) is 20.5. The van der Waals surface area contributed by atoms with Gasteiger partial charge in [-0.1, -0.05) is 53.6 Å². The van der Waals surface area contributed by atoms with Crippen molar-refractivity contribution in [2.45, 2.75) is 20.5 Å². The number of nitrogens with zero attached hydrogens (tertiary/aromatic N) is 1. The van der Waals surface area contributed by atoms with Crippen molar-refractivity contribution in [3.05, 3.63) is 92.8 Å². The van der Waals surface area contributed by atoms with Gasteiger partial charge in [0.15, 0.2) is 11.5 Å². The van der Waals surface area contributed by atoms with E-state index in [2.05, 4.69) is 5.32 Å². The number of thioether (sulfide) groups is 1. The minimum atomic E-state index is -0.536. The van der Waals surface area contributed by atoms with Crippen molar-refractivity contribution >= 4 is 52.2 Å². The highest BCUT2D eigenvalue weighted by atomic mass is 35.5. The summed E-state index contributed by atoms with van der Waals surface area (Å²) >= 11 is 6.88. The maximum absolute atomic E-state index is 12.9. The van der Waals surface area contributed by atoms with E-state index >= 15 is 0 Å².